The Morgan fingerprint density at radius 3 is 2.57 bits per heavy atom. The SMILES string of the molecule is Cn1nccc1CNCC(c1ccccc1)N1CCCC1. The highest BCUT2D eigenvalue weighted by atomic mass is 15.3. The molecule has 1 aromatic heterocycles. The number of rotatable bonds is 6. The zero-order valence-electron chi connectivity index (χ0n) is 12.7. The minimum atomic E-state index is 0.474. The first-order chi connectivity index (χ1) is 10.3. The van der Waals surface area contributed by atoms with Gasteiger partial charge in [0.1, 0.15) is 0 Å². The maximum atomic E-state index is 4.22. The molecule has 0 aliphatic carbocycles. The molecule has 112 valence electrons. The summed E-state index contributed by atoms with van der Waals surface area (Å²) in [5.74, 6) is 0. The van der Waals surface area contributed by atoms with Gasteiger partial charge in [-0.3, -0.25) is 9.58 Å². The van der Waals surface area contributed by atoms with Gasteiger partial charge in [0, 0.05) is 32.4 Å². The van der Waals surface area contributed by atoms with Crippen molar-refractivity contribution in [2.45, 2.75) is 25.4 Å². The molecule has 4 nitrogen and oxygen atoms in total. The standard InChI is InChI=1S/C17H24N4/c1-20-16(9-10-19-20)13-18-14-17(21-11-5-6-12-21)15-7-3-2-4-8-15/h2-4,7-10,17-18H,5-6,11-14H2,1H3. The van der Waals surface area contributed by atoms with Crippen molar-refractivity contribution in [1.82, 2.24) is 20.0 Å². The van der Waals surface area contributed by atoms with Crippen LogP contribution in [0.1, 0.15) is 30.1 Å². The smallest absolute Gasteiger partial charge is 0.0518 e. The van der Waals surface area contributed by atoms with Crippen molar-refractivity contribution < 1.29 is 0 Å². The Hall–Kier alpha value is -1.65. The van der Waals surface area contributed by atoms with Gasteiger partial charge in [0.05, 0.1) is 5.69 Å². The van der Waals surface area contributed by atoms with Crippen LogP contribution >= 0.6 is 0 Å². The van der Waals surface area contributed by atoms with E-state index in [0.29, 0.717) is 6.04 Å². The second-order valence-corrected chi connectivity index (χ2v) is 5.75. The van der Waals surface area contributed by atoms with Gasteiger partial charge in [0.25, 0.3) is 0 Å². The molecule has 2 heterocycles. The summed E-state index contributed by atoms with van der Waals surface area (Å²) in [4.78, 5) is 2.60. The van der Waals surface area contributed by atoms with E-state index in [2.05, 4.69) is 51.7 Å². The number of hydrogen-bond donors (Lipinski definition) is 1. The second kappa shape index (κ2) is 6.87. The van der Waals surface area contributed by atoms with Crippen molar-refractivity contribution in [3.63, 3.8) is 0 Å². The summed E-state index contributed by atoms with van der Waals surface area (Å²) in [7, 11) is 1.99. The molecule has 4 heteroatoms. The average Bonchev–Trinajstić information content (AvgIpc) is 3.17. The lowest BCUT2D eigenvalue weighted by Crippen LogP contribution is -2.34. The number of aromatic nitrogens is 2. The molecule has 1 aromatic carbocycles. The Morgan fingerprint density at radius 1 is 1.14 bits per heavy atom. The van der Waals surface area contributed by atoms with Crippen LogP contribution in [0.25, 0.3) is 0 Å². The molecule has 0 amide bonds. The van der Waals surface area contributed by atoms with Crippen molar-refractivity contribution in [2.75, 3.05) is 19.6 Å². The Labute approximate surface area is 126 Å². The third-order valence-corrected chi connectivity index (χ3v) is 4.33. The molecule has 1 atom stereocenters. The van der Waals surface area contributed by atoms with Crippen LogP contribution in [0.15, 0.2) is 42.6 Å². The van der Waals surface area contributed by atoms with E-state index in [1.54, 1.807) is 0 Å². The lowest BCUT2D eigenvalue weighted by atomic mass is 10.1. The molecule has 2 aromatic rings. The van der Waals surface area contributed by atoms with Crippen molar-refractivity contribution in [3.05, 3.63) is 53.9 Å². The van der Waals surface area contributed by atoms with Crippen molar-refractivity contribution >= 4 is 0 Å². The van der Waals surface area contributed by atoms with Gasteiger partial charge in [-0.1, -0.05) is 30.3 Å². The molecular formula is C17H24N4. The van der Waals surface area contributed by atoms with Crippen LogP contribution in [0, 0.1) is 0 Å². The van der Waals surface area contributed by atoms with Gasteiger partial charge in [-0.25, -0.2) is 0 Å². The highest BCUT2D eigenvalue weighted by molar-refractivity contribution is 5.19. The fraction of sp³-hybridized carbons (Fsp3) is 0.471. The molecule has 21 heavy (non-hydrogen) atoms. The molecule has 0 spiro atoms. The summed E-state index contributed by atoms with van der Waals surface area (Å²) in [5, 5.41) is 7.82. The summed E-state index contributed by atoms with van der Waals surface area (Å²) in [6.07, 6.45) is 4.50. The van der Waals surface area contributed by atoms with Gasteiger partial charge >= 0.3 is 0 Å². The van der Waals surface area contributed by atoms with Crippen molar-refractivity contribution in [3.8, 4) is 0 Å². The Balaban J connectivity index is 1.63. The summed E-state index contributed by atoms with van der Waals surface area (Å²) in [6, 6.07) is 13.4. The van der Waals surface area contributed by atoms with E-state index in [0.717, 1.165) is 13.1 Å². The first kappa shape index (κ1) is 14.3. The summed E-state index contributed by atoms with van der Waals surface area (Å²) >= 11 is 0. The van der Waals surface area contributed by atoms with E-state index < -0.39 is 0 Å². The molecule has 3 rings (SSSR count). The fourth-order valence-electron chi connectivity index (χ4n) is 3.10. The van der Waals surface area contributed by atoms with Crippen LogP contribution in [0.4, 0.5) is 0 Å². The number of nitrogens with one attached hydrogen (secondary N) is 1. The molecule has 1 aliphatic heterocycles. The van der Waals surface area contributed by atoms with Crippen LogP contribution in [-0.4, -0.2) is 34.3 Å². The molecule has 0 saturated carbocycles. The topological polar surface area (TPSA) is 33.1 Å². The van der Waals surface area contributed by atoms with Gasteiger partial charge < -0.3 is 5.32 Å². The third kappa shape index (κ3) is 3.52. The summed E-state index contributed by atoms with van der Waals surface area (Å²) in [6.45, 7) is 4.28. The number of hydrogen-bond acceptors (Lipinski definition) is 3. The molecular weight excluding hydrogens is 260 g/mol. The van der Waals surface area contributed by atoms with Crippen LogP contribution in [0.2, 0.25) is 0 Å². The van der Waals surface area contributed by atoms with Crippen LogP contribution in [0.3, 0.4) is 0 Å². The monoisotopic (exact) mass is 284 g/mol. The van der Waals surface area contributed by atoms with Crippen molar-refractivity contribution in [1.29, 1.82) is 0 Å². The van der Waals surface area contributed by atoms with E-state index in [1.165, 1.54) is 37.2 Å². The molecule has 1 unspecified atom stereocenters. The van der Waals surface area contributed by atoms with E-state index in [4.69, 9.17) is 0 Å². The summed E-state index contributed by atoms with van der Waals surface area (Å²) < 4.78 is 1.93. The summed E-state index contributed by atoms with van der Waals surface area (Å²) in [5.41, 5.74) is 2.64. The Morgan fingerprint density at radius 2 is 1.90 bits per heavy atom. The van der Waals surface area contributed by atoms with Gasteiger partial charge in [-0.15, -0.1) is 0 Å². The number of benzene rings is 1. The van der Waals surface area contributed by atoms with Crippen molar-refractivity contribution in [2.24, 2.45) is 7.05 Å². The van der Waals surface area contributed by atoms with Crippen LogP contribution in [0.5, 0.6) is 0 Å². The first-order valence-electron chi connectivity index (χ1n) is 7.81. The predicted molar refractivity (Wildman–Crippen MR) is 84.9 cm³/mol. The highest BCUT2D eigenvalue weighted by Gasteiger charge is 2.22. The fourth-order valence-corrected chi connectivity index (χ4v) is 3.10. The number of aryl methyl sites for hydroxylation is 1. The molecule has 1 aliphatic rings. The maximum Gasteiger partial charge on any atom is 0.0518 e. The minimum Gasteiger partial charge on any atom is -0.309 e. The maximum absolute atomic E-state index is 4.22. The number of nitrogens with zero attached hydrogens (tertiary/aromatic N) is 3. The minimum absolute atomic E-state index is 0.474. The largest absolute Gasteiger partial charge is 0.309 e. The van der Waals surface area contributed by atoms with E-state index in [9.17, 15) is 0 Å². The van der Waals surface area contributed by atoms with Gasteiger partial charge in [-0.2, -0.15) is 5.10 Å². The van der Waals surface area contributed by atoms with Crippen LogP contribution < -0.4 is 5.32 Å². The molecule has 1 fully saturated rings. The first-order valence-corrected chi connectivity index (χ1v) is 7.81. The second-order valence-electron chi connectivity index (χ2n) is 5.75. The van der Waals surface area contributed by atoms with Gasteiger partial charge in [0.15, 0.2) is 0 Å². The molecule has 1 saturated heterocycles. The van der Waals surface area contributed by atoms with E-state index >= 15 is 0 Å². The van der Waals surface area contributed by atoms with E-state index in [-0.39, 0.29) is 0 Å². The zero-order chi connectivity index (χ0) is 14.5. The molecule has 1 N–H and O–H groups in total. The lowest BCUT2D eigenvalue weighted by molar-refractivity contribution is 0.238. The Kier molecular flexibility index (Phi) is 4.68. The normalized spacial score (nSPS) is 17.2. The number of likely N-dealkylation sites (tertiary alicyclic amines) is 1. The van der Waals surface area contributed by atoms with Crippen LogP contribution in [-0.2, 0) is 13.6 Å². The Bertz CT molecular complexity index is 543. The lowest BCUT2D eigenvalue weighted by Gasteiger charge is -2.28. The predicted octanol–water partition coefficient (Wildman–Crippen LogP) is 2.35. The third-order valence-electron chi connectivity index (χ3n) is 4.33. The molecule has 0 bridgehead atoms. The average molecular weight is 284 g/mol. The zero-order valence-corrected chi connectivity index (χ0v) is 12.7. The molecule has 0 radical (unpaired) electrons. The van der Waals surface area contributed by atoms with E-state index in [1.807, 2.05) is 17.9 Å². The van der Waals surface area contributed by atoms with Gasteiger partial charge in [0.2, 0.25) is 0 Å². The van der Waals surface area contributed by atoms with Gasteiger partial charge in [-0.05, 0) is 37.6 Å². The highest BCUT2D eigenvalue weighted by Crippen LogP contribution is 2.24. The quantitative estimate of drug-likeness (QED) is 0.884.